The van der Waals surface area contributed by atoms with E-state index in [0.29, 0.717) is 37.6 Å². The number of rotatable bonds is 12. The fourth-order valence-corrected chi connectivity index (χ4v) is 5.48. The molecule has 41 heavy (non-hydrogen) atoms. The minimum Gasteiger partial charge on any atom is -0.493 e. The lowest BCUT2D eigenvalue weighted by molar-refractivity contribution is -0.132. The van der Waals surface area contributed by atoms with Gasteiger partial charge in [-0.2, -0.15) is 0 Å². The number of aliphatic carboxylic acids is 2. The third kappa shape index (κ3) is 5.77. The highest BCUT2D eigenvalue weighted by atomic mass is 16.5. The quantitative estimate of drug-likeness (QED) is 0.131. The van der Waals surface area contributed by atoms with Gasteiger partial charge in [-0.1, -0.05) is 84.9 Å². The Hall–Kier alpha value is -5.10. The van der Waals surface area contributed by atoms with Gasteiger partial charge in [0.1, 0.15) is 11.5 Å². The summed E-state index contributed by atoms with van der Waals surface area (Å²) in [5, 5.41) is 17.5. The van der Waals surface area contributed by atoms with Crippen molar-refractivity contribution in [3.8, 4) is 22.6 Å². The van der Waals surface area contributed by atoms with Crippen LogP contribution in [0.5, 0.6) is 11.5 Å². The van der Waals surface area contributed by atoms with Crippen LogP contribution in [0.3, 0.4) is 0 Å². The standard InChI is InChI=1S/C35H30O6/c36-33(37)13-5-7-23-40-27-19-15-25(16-20-27)35(26-17-21-28(22-18-26)41-24-8-6-14-34(38)39)31-11-3-1-9-29(31)30-10-2-4-12-32(30)35/h1-6,9-22H,7-8,23-24H2,(H,36,37)(H,38,39). The summed E-state index contributed by atoms with van der Waals surface area (Å²) in [4.78, 5) is 21.3. The van der Waals surface area contributed by atoms with Gasteiger partial charge in [0.25, 0.3) is 0 Å². The zero-order chi connectivity index (χ0) is 28.7. The molecule has 0 spiro atoms. The monoisotopic (exact) mass is 546 g/mol. The lowest BCUT2D eigenvalue weighted by Gasteiger charge is -2.34. The molecule has 0 aromatic heterocycles. The van der Waals surface area contributed by atoms with Crippen molar-refractivity contribution in [2.75, 3.05) is 13.2 Å². The third-order valence-electron chi connectivity index (χ3n) is 7.15. The van der Waals surface area contributed by atoms with Crippen LogP contribution in [0.1, 0.15) is 35.1 Å². The summed E-state index contributed by atoms with van der Waals surface area (Å²) in [5.74, 6) is -0.505. The van der Waals surface area contributed by atoms with Crippen molar-refractivity contribution in [3.63, 3.8) is 0 Å². The van der Waals surface area contributed by atoms with Crippen molar-refractivity contribution in [2.45, 2.75) is 18.3 Å². The second-order valence-corrected chi connectivity index (χ2v) is 9.65. The lowest BCUT2D eigenvalue weighted by atomic mass is 9.68. The maximum atomic E-state index is 10.7. The number of hydrogen-bond donors (Lipinski definition) is 2. The number of benzene rings is 4. The second-order valence-electron chi connectivity index (χ2n) is 9.65. The molecular formula is C35H30O6. The Morgan fingerprint density at radius 1 is 0.585 bits per heavy atom. The van der Waals surface area contributed by atoms with Gasteiger partial charge in [-0.25, -0.2) is 9.59 Å². The molecular weight excluding hydrogens is 516 g/mol. The highest BCUT2D eigenvalue weighted by Crippen LogP contribution is 2.56. The Balaban J connectivity index is 1.49. The number of carboxylic acids is 2. The second kappa shape index (κ2) is 12.4. The molecule has 206 valence electrons. The van der Waals surface area contributed by atoms with Gasteiger partial charge in [-0.3, -0.25) is 0 Å². The molecule has 4 aromatic carbocycles. The first-order valence-electron chi connectivity index (χ1n) is 13.4. The first-order chi connectivity index (χ1) is 20.0. The van der Waals surface area contributed by atoms with E-state index in [-0.39, 0.29) is 0 Å². The summed E-state index contributed by atoms with van der Waals surface area (Å²) in [6, 6.07) is 33.2. The number of fused-ring (bicyclic) bond motifs is 3. The maximum absolute atomic E-state index is 10.7. The number of carbonyl (C=O) groups is 2. The molecule has 5 rings (SSSR count). The largest absolute Gasteiger partial charge is 0.493 e. The van der Waals surface area contributed by atoms with Crippen LogP contribution in [0.4, 0.5) is 0 Å². The molecule has 1 aliphatic rings. The first-order valence-corrected chi connectivity index (χ1v) is 13.4. The predicted octanol–water partition coefficient (Wildman–Crippen LogP) is 6.87. The number of hydrogen-bond acceptors (Lipinski definition) is 4. The SMILES string of the molecule is O=C(O)C=CCCOc1ccc(C2(c3ccc(OCCC=CC(=O)O)cc3)c3ccccc3-c3ccccc32)cc1. The first kappa shape index (κ1) is 27.5. The molecule has 6 nitrogen and oxygen atoms in total. The fourth-order valence-electron chi connectivity index (χ4n) is 5.48. The van der Waals surface area contributed by atoms with Crippen molar-refractivity contribution in [2.24, 2.45) is 0 Å². The minimum atomic E-state index is -0.968. The van der Waals surface area contributed by atoms with Gasteiger partial charge in [0.2, 0.25) is 0 Å². The Morgan fingerprint density at radius 2 is 0.976 bits per heavy atom. The molecule has 0 saturated heterocycles. The van der Waals surface area contributed by atoms with Gasteiger partial charge in [-0.15, -0.1) is 0 Å². The summed E-state index contributed by atoms with van der Waals surface area (Å²) in [6.45, 7) is 0.765. The molecule has 0 amide bonds. The van der Waals surface area contributed by atoms with Gasteiger partial charge in [0.05, 0.1) is 18.6 Å². The summed E-state index contributed by atoms with van der Waals surface area (Å²) in [5.41, 5.74) is 6.42. The van der Waals surface area contributed by atoms with Crippen LogP contribution < -0.4 is 9.47 Å². The molecule has 0 bridgehead atoms. The van der Waals surface area contributed by atoms with Gasteiger partial charge < -0.3 is 19.7 Å². The Kier molecular flexibility index (Phi) is 8.30. The fraction of sp³-hybridized carbons (Fsp3) is 0.143. The summed E-state index contributed by atoms with van der Waals surface area (Å²) in [7, 11) is 0. The van der Waals surface area contributed by atoms with E-state index in [4.69, 9.17) is 19.7 Å². The van der Waals surface area contributed by atoms with Crippen molar-refractivity contribution in [3.05, 3.63) is 144 Å². The summed E-state index contributed by atoms with van der Waals surface area (Å²) >= 11 is 0. The minimum absolute atomic E-state index is 0.382. The average molecular weight is 547 g/mol. The molecule has 4 aromatic rings. The zero-order valence-corrected chi connectivity index (χ0v) is 22.4. The van der Waals surface area contributed by atoms with Crippen LogP contribution in [0.25, 0.3) is 11.1 Å². The van der Waals surface area contributed by atoms with E-state index < -0.39 is 17.4 Å². The van der Waals surface area contributed by atoms with Gasteiger partial charge >= 0.3 is 11.9 Å². The number of ether oxygens (including phenoxy) is 2. The van der Waals surface area contributed by atoms with E-state index in [2.05, 4.69) is 72.8 Å². The third-order valence-corrected chi connectivity index (χ3v) is 7.15. The number of carboxylic acid groups (broad SMARTS) is 2. The van der Waals surface area contributed by atoms with Crippen LogP contribution in [-0.4, -0.2) is 35.4 Å². The molecule has 0 unspecified atom stereocenters. The van der Waals surface area contributed by atoms with E-state index in [0.717, 1.165) is 23.3 Å². The summed E-state index contributed by atoms with van der Waals surface area (Å²) < 4.78 is 11.7. The van der Waals surface area contributed by atoms with Gasteiger partial charge in [-0.05, 0) is 70.5 Å². The summed E-state index contributed by atoms with van der Waals surface area (Å²) in [6.07, 6.45) is 6.42. The predicted molar refractivity (Wildman–Crippen MR) is 158 cm³/mol. The van der Waals surface area contributed by atoms with Crippen molar-refractivity contribution in [1.82, 2.24) is 0 Å². The highest BCUT2D eigenvalue weighted by Gasteiger charge is 2.45. The maximum Gasteiger partial charge on any atom is 0.327 e. The van der Waals surface area contributed by atoms with Crippen molar-refractivity contribution >= 4 is 11.9 Å². The van der Waals surface area contributed by atoms with Crippen LogP contribution >= 0.6 is 0 Å². The topological polar surface area (TPSA) is 93.1 Å². The molecule has 0 fully saturated rings. The smallest absolute Gasteiger partial charge is 0.327 e. The molecule has 0 radical (unpaired) electrons. The zero-order valence-electron chi connectivity index (χ0n) is 22.4. The van der Waals surface area contributed by atoms with Gasteiger partial charge in [0.15, 0.2) is 0 Å². The molecule has 6 heteroatoms. The van der Waals surface area contributed by atoms with E-state index in [9.17, 15) is 9.59 Å². The van der Waals surface area contributed by atoms with E-state index >= 15 is 0 Å². The van der Waals surface area contributed by atoms with Crippen molar-refractivity contribution in [1.29, 1.82) is 0 Å². The lowest BCUT2D eigenvalue weighted by Crippen LogP contribution is -2.28. The Labute approximate surface area is 238 Å². The van der Waals surface area contributed by atoms with Crippen LogP contribution in [0, 0.1) is 0 Å². The molecule has 0 heterocycles. The van der Waals surface area contributed by atoms with Crippen molar-refractivity contribution < 1.29 is 29.3 Å². The van der Waals surface area contributed by atoms with E-state index in [1.165, 1.54) is 22.3 Å². The Morgan fingerprint density at radius 3 is 1.37 bits per heavy atom. The molecule has 1 aliphatic carbocycles. The molecule has 0 atom stereocenters. The molecule has 0 saturated carbocycles. The van der Waals surface area contributed by atoms with Crippen LogP contribution in [0.2, 0.25) is 0 Å². The van der Waals surface area contributed by atoms with Crippen LogP contribution in [0.15, 0.2) is 121 Å². The van der Waals surface area contributed by atoms with Crippen LogP contribution in [-0.2, 0) is 15.0 Å². The van der Waals surface area contributed by atoms with E-state index in [1.54, 1.807) is 12.2 Å². The molecule has 0 aliphatic heterocycles. The normalized spacial score (nSPS) is 13.2. The Bertz CT molecular complexity index is 1460. The highest BCUT2D eigenvalue weighted by molar-refractivity contribution is 5.86. The molecule has 2 N–H and O–H groups in total. The van der Waals surface area contributed by atoms with E-state index in [1.807, 2.05) is 24.3 Å². The average Bonchev–Trinajstić information content (AvgIpc) is 3.28. The van der Waals surface area contributed by atoms with Gasteiger partial charge in [0, 0.05) is 12.2 Å².